The van der Waals surface area contributed by atoms with E-state index in [2.05, 4.69) is 11.8 Å². The summed E-state index contributed by atoms with van der Waals surface area (Å²) < 4.78 is 0. The minimum absolute atomic E-state index is 0.0101. The van der Waals surface area contributed by atoms with Gasteiger partial charge in [-0.25, -0.2) is 0 Å². The standard InChI is InChI=1S/C12H23NO/c1-10-5-2-3-8-13(10)9-11-6-4-7-12(11)14/h10-12,14H,2-9H2,1H3. The predicted octanol–water partition coefficient (Wildman–Crippen LogP) is 2.02. The minimum atomic E-state index is -0.0101. The van der Waals surface area contributed by atoms with Crippen molar-refractivity contribution in [1.29, 1.82) is 0 Å². The Morgan fingerprint density at radius 1 is 1.14 bits per heavy atom. The Labute approximate surface area is 87.3 Å². The van der Waals surface area contributed by atoms with Gasteiger partial charge >= 0.3 is 0 Å². The van der Waals surface area contributed by atoms with E-state index in [0.717, 1.165) is 19.0 Å². The highest BCUT2D eigenvalue weighted by Gasteiger charge is 2.29. The lowest BCUT2D eigenvalue weighted by Crippen LogP contribution is -2.41. The van der Waals surface area contributed by atoms with E-state index >= 15 is 0 Å². The average molecular weight is 197 g/mol. The molecule has 1 aliphatic heterocycles. The summed E-state index contributed by atoms with van der Waals surface area (Å²) in [6.45, 7) is 4.73. The van der Waals surface area contributed by atoms with Crippen molar-refractivity contribution in [1.82, 2.24) is 4.90 Å². The Hall–Kier alpha value is -0.0800. The summed E-state index contributed by atoms with van der Waals surface area (Å²) in [7, 11) is 0. The molecule has 2 nitrogen and oxygen atoms in total. The Balaban J connectivity index is 1.83. The number of rotatable bonds is 2. The van der Waals surface area contributed by atoms with Crippen LogP contribution in [0.5, 0.6) is 0 Å². The summed E-state index contributed by atoms with van der Waals surface area (Å²) in [5.74, 6) is 0.565. The van der Waals surface area contributed by atoms with E-state index in [0.29, 0.717) is 5.92 Å². The van der Waals surface area contributed by atoms with Crippen molar-refractivity contribution < 1.29 is 5.11 Å². The summed E-state index contributed by atoms with van der Waals surface area (Å²) in [5, 5.41) is 9.78. The summed E-state index contributed by atoms with van der Waals surface area (Å²) in [4.78, 5) is 2.59. The molecular weight excluding hydrogens is 174 g/mol. The summed E-state index contributed by atoms with van der Waals surface area (Å²) in [6.07, 6.45) is 7.59. The van der Waals surface area contributed by atoms with Crippen LogP contribution in [-0.4, -0.2) is 35.2 Å². The molecule has 1 N–H and O–H groups in total. The molecule has 2 aliphatic rings. The second-order valence-electron chi connectivity index (χ2n) is 5.10. The predicted molar refractivity (Wildman–Crippen MR) is 58.2 cm³/mol. The van der Waals surface area contributed by atoms with Crippen molar-refractivity contribution in [3.8, 4) is 0 Å². The topological polar surface area (TPSA) is 23.5 Å². The number of hydrogen-bond donors (Lipinski definition) is 1. The normalized spacial score (nSPS) is 40.3. The van der Waals surface area contributed by atoms with E-state index in [-0.39, 0.29) is 6.10 Å². The quantitative estimate of drug-likeness (QED) is 0.732. The molecule has 0 amide bonds. The van der Waals surface area contributed by atoms with Crippen molar-refractivity contribution >= 4 is 0 Å². The van der Waals surface area contributed by atoms with Gasteiger partial charge in [-0.15, -0.1) is 0 Å². The van der Waals surface area contributed by atoms with Crippen molar-refractivity contribution in [3.63, 3.8) is 0 Å². The first-order valence-corrected chi connectivity index (χ1v) is 6.19. The zero-order chi connectivity index (χ0) is 9.97. The molecule has 3 atom stereocenters. The highest BCUT2D eigenvalue weighted by Crippen LogP contribution is 2.28. The molecule has 0 aromatic rings. The van der Waals surface area contributed by atoms with Crippen LogP contribution >= 0.6 is 0 Å². The van der Waals surface area contributed by atoms with E-state index in [9.17, 15) is 5.11 Å². The van der Waals surface area contributed by atoms with E-state index < -0.39 is 0 Å². The molecule has 1 aliphatic carbocycles. The molecule has 1 heterocycles. The van der Waals surface area contributed by atoms with Crippen LogP contribution in [0, 0.1) is 5.92 Å². The van der Waals surface area contributed by atoms with Crippen molar-refractivity contribution in [2.24, 2.45) is 5.92 Å². The maximum absolute atomic E-state index is 9.78. The third kappa shape index (κ3) is 2.29. The van der Waals surface area contributed by atoms with E-state index in [1.54, 1.807) is 0 Å². The van der Waals surface area contributed by atoms with E-state index in [1.165, 1.54) is 38.6 Å². The molecule has 1 saturated heterocycles. The first-order chi connectivity index (χ1) is 6.77. The highest BCUT2D eigenvalue weighted by molar-refractivity contribution is 4.82. The lowest BCUT2D eigenvalue weighted by atomic mass is 9.99. The third-order valence-electron chi connectivity index (χ3n) is 4.03. The fourth-order valence-electron chi connectivity index (χ4n) is 2.96. The molecule has 2 fully saturated rings. The second-order valence-corrected chi connectivity index (χ2v) is 5.10. The van der Waals surface area contributed by atoms with Crippen LogP contribution in [0.1, 0.15) is 45.4 Å². The number of aliphatic hydroxyl groups excluding tert-OH is 1. The fourth-order valence-corrected chi connectivity index (χ4v) is 2.96. The Morgan fingerprint density at radius 3 is 2.64 bits per heavy atom. The summed E-state index contributed by atoms with van der Waals surface area (Å²) in [6, 6.07) is 0.747. The van der Waals surface area contributed by atoms with Crippen LogP contribution in [-0.2, 0) is 0 Å². The van der Waals surface area contributed by atoms with E-state index in [4.69, 9.17) is 0 Å². The molecule has 0 radical (unpaired) electrons. The lowest BCUT2D eigenvalue weighted by molar-refractivity contribution is 0.0748. The van der Waals surface area contributed by atoms with Crippen LogP contribution in [0.2, 0.25) is 0 Å². The maximum atomic E-state index is 9.78. The van der Waals surface area contributed by atoms with Crippen molar-refractivity contribution in [3.05, 3.63) is 0 Å². The van der Waals surface area contributed by atoms with Crippen molar-refractivity contribution in [2.45, 2.75) is 57.6 Å². The highest BCUT2D eigenvalue weighted by atomic mass is 16.3. The van der Waals surface area contributed by atoms with Gasteiger partial charge in [-0.1, -0.05) is 12.8 Å². The first-order valence-electron chi connectivity index (χ1n) is 6.19. The maximum Gasteiger partial charge on any atom is 0.0580 e. The Morgan fingerprint density at radius 2 is 2.00 bits per heavy atom. The van der Waals surface area contributed by atoms with Gasteiger partial charge in [0.05, 0.1) is 6.10 Å². The Bertz CT molecular complexity index is 183. The third-order valence-corrected chi connectivity index (χ3v) is 4.03. The SMILES string of the molecule is CC1CCCCN1CC1CCCC1O. The van der Waals surface area contributed by atoms with Gasteiger partial charge in [0.2, 0.25) is 0 Å². The molecule has 0 aromatic carbocycles. The number of aliphatic hydroxyl groups is 1. The fraction of sp³-hybridized carbons (Fsp3) is 1.00. The molecular formula is C12H23NO. The zero-order valence-electron chi connectivity index (χ0n) is 9.28. The number of hydrogen-bond acceptors (Lipinski definition) is 2. The molecule has 3 unspecified atom stereocenters. The molecule has 2 rings (SSSR count). The Kier molecular flexibility index (Phi) is 3.45. The minimum Gasteiger partial charge on any atom is -0.393 e. The molecule has 0 bridgehead atoms. The molecule has 1 saturated carbocycles. The van der Waals surface area contributed by atoms with Crippen LogP contribution in [0.4, 0.5) is 0 Å². The van der Waals surface area contributed by atoms with Gasteiger partial charge in [0.15, 0.2) is 0 Å². The van der Waals surface area contributed by atoms with Crippen LogP contribution in [0.25, 0.3) is 0 Å². The summed E-state index contributed by atoms with van der Waals surface area (Å²) >= 11 is 0. The first kappa shape index (κ1) is 10.4. The van der Waals surface area contributed by atoms with Crippen LogP contribution in [0.3, 0.4) is 0 Å². The zero-order valence-corrected chi connectivity index (χ0v) is 9.28. The monoisotopic (exact) mass is 197 g/mol. The largest absolute Gasteiger partial charge is 0.393 e. The number of nitrogens with zero attached hydrogens (tertiary/aromatic N) is 1. The molecule has 14 heavy (non-hydrogen) atoms. The number of piperidine rings is 1. The summed E-state index contributed by atoms with van der Waals surface area (Å²) in [5.41, 5.74) is 0. The van der Waals surface area contributed by atoms with Gasteiger partial charge in [0, 0.05) is 12.6 Å². The van der Waals surface area contributed by atoms with Crippen LogP contribution < -0.4 is 0 Å². The van der Waals surface area contributed by atoms with Gasteiger partial charge in [-0.05, 0) is 45.1 Å². The average Bonchev–Trinajstić information content (AvgIpc) is 2.56. The smallest absolute Gasteiger partial charge is 0.0580 e. The van der Waals surface area contributed by atoms with Gasteiger partial charge in [0.1, 0.15) is 0 Å². The van der Waals surface area contributed by atoms with Gasteiger partial charge in [-0.3, -0.25) is 0 Å². The second kappa shape index (κ2) is 4.63. The molecule has 0 aromatic heterocycles. The number of likely N-dealkylation sites (tertiary alicyclic amines) is 1. The van der Waals surface area contributed by atoms with E-state index in [1.807, 2.05) is 0 Å². The molecule has 82 valence electrons. The van der Waals surface area contributed by atoms with Crippen molar-refractivity contribution in [2.75, 3.05) is 13.1 Å². The lowest BCUT2D eigenvalue weighted by Gasteiger charge is -2.35. The van der Waals surface area contributed by atoms with Gasteiger partial charge < -0.3 is 10.0 Å². The molecule has 2 heteroatoms. The van der Waals surface area contributed by atoms with Gasteiger partial charge in [0.25, 0.3) is 0 Å². The van der Waals surface area contributed by atoms with Crippen LogP contribution in [0.15, 0.2) is 0 Å². The molecule has 0 spiro atoms. The van der Waals surface area contributed by atoms with Gasteiger partial charge in [-0.2, -0.15) is 0 Å².